The van der Waals surface area contributed by atoms with Crippen LogP contribution in [0, 0.1) is 11.8 Å². The number of hydrogen-bond acceptors (Lipinski definition) is 9. The molecule has 4 rings (SSSR count). The van der Waals surface area contributed by atoms with E-state index in [-0.39, 0.29) is 49.1 Å². The Morgan fingerprint density at radius 3 is 2.42 bits per heavy atom. The van der Waals surface area contributed by atoms with Crippen LogP contribution in [0.5, 0.6) is 0 Å². The average molecular weight is 580 g/mol. The van der Waals surface area contributed by atoms with Gasteiger partial charge in [-0.15, -0.1) is 0 Å². The Hall–Kier alpha value is -2.74. The first-order chi connectivity index (χ1) is 19.1. The van der Waals surface area contributed by atoms with Gasteiger partial charge >= 0.3 is 6.09 Å². The number of carbonyl (C=O) groups excluding carboxylic acids is 1. The fourth-order valence-electron chi connectivity index (χ4n) is 4.82. The summed E-state index contributed by atoms with van der Waals surface area (Å²) in [7, 11) is -2.93. The molecule has 5 atom stereocenters. The maximum atomic E-state index is 13.5. The highest BCUT2D eigenvalue weighted by atomic mass is 32.2. The predicted octanol–water partition coefficient (Wildman–Crippen LogP) is 1.98. The lowest BCUT2D eigenvalue weighted by molar-refractivity contribution is -0.0907. The highest BCUT2D eigenvalue weighted by molar-refractivity contribution is 7.89. The number of rotatable bonds is 11. The molecule has 0 aliphatic carbocycles. The molecule has 0 spiro atoms. The van der Waals surface area contributed by atoms with Gasteiger partial charge in [0.15, 0.2) is 6.29 Å². The second kappa shape index (κ2) is 14.8. The van der Waals surface area contributed by atoms with Gasteiger partial charge in [0.1, 0.15) is 6.10 Å². The molecule has 0 bridgehead atoms. The van der Waals surface area contributed by atoms with E-state index < -0.39 is 34.4 Å². The molecule has 2 saturated heterocycles. The highest BCUT2D eigenvalue weighted by Gasteiger charge is 2.44. The van der Waals surface area contributed by atoms with Gasteiger partial charge in [0, 0.05) is 25.9 Å². The Kier molecular flexibility index (Phi) is 11.7. The van der Waals surface area contributed by atoms with E-state index in [9.17, 15) is 18.3 Å². The van der Waals surface area contributed by atoms with Crippen molar-refractivity contribution >= 4 is 21.8 Å². The normalized spacial score (nSPS) is 21.8. The maximum Gasteiger partial charge on any atom is 0.407 e. The van der Waals surface area contributed by atoms with Crippen molar-refractivity contribution in [2.45, 2.75) is 56.1 Å². The molecule has 12 heteroatoms. The van der Waals surface area contributed by atoms with Gasteiger partial charge in [-0.3, -0.25) is 0 Å². The van der Waals surface area contributed by atoms with E-state index >= 15 is 0 Å². The monoisotopic (exact) mass is 579 g/mol. The molecule has 2 fully saturated rings. The van der Waals surface area contributed by atoms with E-state index in [2.05, 4.69) is 5.32 Å². The smallest absolute Gasteiger partial charge is 0.407 e. The molecule has 2 heterocycles. The molecule has 2 aromatic carbocycles. The number of benzene rings is 2. The molecular weight excluding hydrogens is 538 g/mol. The summed E-state index contributed by atoms with van der Waals surface area (Å²) in [4.78, 5) is 13.0. The lowest BCUT2D eigenvalue weighted by Gasteiger charge is -2.31. The Morgan fingerprint density at radius 2 is 1.77 bits per heavy atom. The van der Waals surface area contributed by atoms with Gasteiger partial charge in [-0.1, -0.05) is 44.2 Å². The molecule has 40 heavy (non-hydrogen) atoms. The van der Waals surface area contributed by atoms with Crippen molar-refractivity contribution in [1.29, 1.82) is 0 Å². The number of alkyl carbamates (subject to hydrolysis) is 1. The zero-order valence-corrected chi connectivity index (χ0v) is 24.0. The van der Waals surface area contributed by atoms with Gasteiger partial charge in [-0.2, -0.15) is 4.31 Å². The van der Waals surface area contributed by atoms with E-state index in [1.54, 1.807) is 0 Å². The standard InChI is InChI=1S/C27H37N3O7S.CH4O/c1-18(2)15-30(38(33,34)21-10-8-20(28)9-11-21)16-24(31)23(14-19-6-4-3-5-7-19)29-27(32)37-25-17-36-26-22(25)12-13-35-26;1-2/h3-11,18,22-26,31H,12-17,28H2,1-2H3,(H,29,32);2H,1H3/t22-,23?,24?,25-,26+;/m0./s1. The summed E-state index contributed by atoms with van der Waals surface area (Å²) in [5, 5.41) is 21.1. The second-order valence-corrected chi connectivity index (χ2v) is 12.2. The van der Waals surface area contributed by atoms with Crippen LogP contribution in [-0.2, 0) is 30.7 Å². The molecule has 2 aliphatic rings. The number of anilines is 1. The maximum absolute atomic E-state index is 13.5. The lowest BCUT2D eigenvalue weighted by atomic mass is 10.0. The van der Waals surface area contributed by atoms with Gasteiger partial charge in [-0.25, -0.2) is 13.2 Å². The summed E-state index contributed by atoms with van der Waals surface area (Å²) in [6, 6.07) is 14.5. The molecule has 0 radical (unpaired) electrons. The van der Waals surface area contributed by atoms with Crippen molar-refractivity contribution in [3.05, 3.63) is 60.2 Å². The highest BCUT2D eigenvalue weighted by Crippen LogP contribution is 2.33. The van der Waals surface area contributed by atoms with Crippen LogP contribution in [0.4, 0.5) is 10.5 Å². The van der Waals surface area contributed by atoms with E-state index in [1.165, 1.54) is 28.6 Å². The molecule has 222 valence electrons. The first kappa shape index (κ1) is 31.8. The molecule has 2 unspecified atom stereocenters. The number of sulfonamides is 1. The van der Waals surface area contributed by atoms with Crippen molar-refractivity contribution < 1.29 is 37.6 Å². The minimum Gasteiger partial charge on any atom is -0.443 e. The van der Waals surface area contributed by atoms with Crippen LogP contribution in [0.3, 0.4) is 0 Å². The summed E-state index contributed by atoms with van der Waals surface area (Å²) in [5.74, 6) is -0.0231. The number of ether oxygens (including phenoxy) is 3. The molecule has 11 nitrogen and oxygen atoms in total. The largest absolute Gasteiger partial charge is 0.443 e. The number of carbonyl (C=O) groups is 1. The van der Waals surface area contributed by atoms with Crippen LogP contribution in [-0.4, -0.2) is 87.0 Å². The van der Waals surface area contributed by atoms with E-state index in [0.717, 1.165) is 19.1 Å². The fourth-order valence-corrected chi connectivity index (χ4v) is 6.45. The minimum absolute atomic E-state index is 0.000183. The summed E-state index contributed by atoms with van der Waals surface area (Å²) in [5.41, 5.74) is 7.07. The average Bonchev–Trinajstić information content (AvgIpc) is 3.55. The summed E-state index contributed by atoms with van der Waals surface area (Å²) in [6.07, 6.45) is -1.69. The zero-order valence-electron chi connectivity index (χ0n) is 23.2. The van der Waals surface area contributed by atoms with Crippen LogP contribution in [0.2, 0.25) is 0 Å². The zero-order chi connectivity index (χ0) is 29.3. The SMILES string of the molecule is CC(C)CN(CC(O)C(Cc1ccccc1)NC(=O)O[C@H]1CO[C@H]2OCC[C@H]21)S(=O)(=O)c1ccc(N)cc1.CO. The van der Waals surface area contributed by atoms with Crippen LogP contribution in [0.25, 0.3) is 0 Å². The number of nitrogens with zero attached hydrogens (tertiary/aromatic N) is 1. The molecule has 2 aromatic rings. The summed E-state index contributed by atoms with van der Waals surface area (Å²) in [6.45, 7) is 4.58. The number of amides is 1. The van der Waals surface area contributed by atoms with Crippen molar-refractivity contribution in [2.75, 3.05) is 39.1 Å². The molecule has 0 aromatic heterocycles. The van der Waals surface area contributed by atoms with Crippen LogP contribution in [0.15, 0.2) is 59.5 Å². The van der Waals surface area contributed by atoms with E-state index in [1.807, 2.05) is 44.2 Å². The van der Waals surface area contributed by atoms with Gasteiger partial charge in [0.25, 0.3) is 0 Å². The van der Waals surface area contributed by atoms with Gasteiger partial charge in [-0.05, 0) is 48.6 Å². The molecule has 0 saturated carbocycles. The topological polar surface area (TPSA) is 161 Å². The molecule has 2 aliphatic heterocycles. The van der Waals surface area contributed by atoms with E-state index in [0.29, 0.717) is 12.3 Å². The Labute approximate surface area is 236 Å². The second-order valence-electron chi connectivity index (χ2n) is 10.3. The Balaban J connectivity index is 0.00000216. The quantitative estimate of drug-likeness (QED) is 0.292. The first-order valence-corrected chi connectivity index (χ1v) is 14.8. The number of nitrogens with two attached hydrogens (primary N) is 1. The number of hydrogen-bond donors (Lipinski definition) is 4. The van der Waals surface area contributed by atoms with Crippen LogP contribution >= 0.6 is 0 Å². The number of aliphatic hydroxyl groups is 2. The molecular formula is C28H41N3O8S. The van der Waals surface area contributed by atoms with Crippen molar-refractivity contribution in [3.8, 4) is 0 Å². The number of fused-ring (bicyclic) bond motifs is 1. The van der Waals surface area contributed by atoms with Crippen LogP contribution < -0.4 is 11.1 Å². The van der Waals surface area contributed by atoms with Crippen molar-refractivity contribution in [3.63, 3.8) is 0 Å². The van der Waals surface area contributed by atoms with Crippen molar-refractivity contribution in [1.82, 2.24) is 9.62 Å². The molecule has 5 N–H and O–H groups in total. The lowest BCUT2D eigenvalue weighted by Crippen LogP contribution is -2.51. The molecule has 1 amide bonds. The first-order valence-electron chi connectivity index (χ1n) is 13.4. The summed E-state index contributed by atoms with van der Waals surface area (Å²) >= 11 is 0. The Morgan fingerprint density at radius 1 is 1.10 bits per heavy atom. The third-order valence-corrected chi connectivity index (χ3v) is 8.63. The number of aliphatic hydroxyl groups excluding tert-OH is 2. The van der Waals surface area contributed by atoms with E-state index in [4.69, 9.17) is 25.1 Å². The van der Waals surface area contributed by atoms with Crippen LogP contribution in [0.1, 0.15) is 25.8 Å². The number of nitrogen functional groups attached to an aromatic ring is 1. The minimum atomic E-state index is -3.93. The number of nitrogens with one attached hydrogen (secondary N) is 1. The fraction of sp³-hybridized carbons (Fsp3) is 0.536. The predicted molar refractivity (Wildman–Crippen MR) is 150 cm³/mol. The Bertz CT molecular complexity index is 1160. The van der Waals surface area contributed by atoms with Gasteiger partial charge in [0.05, 0.1) is 36.2 Å². The van der Waals surface area contributed by atoms with Gasteiger partial charge < -0.3 is 35.5 Å². The third-order valence-electron chi connectivity index (χ3n) is 6.79. The summed E-state index contributed by atoms with van der Waals surface area (Å²) < 4.78 is 44.9. The van der Waals surface area contributed by atoms with Crippen molar-refractivity contribution in [2.24, 2.45) is 11.8 Å². The third kappa shape index (κ3) is 8.38. The van der Waals surface area contributed by atoms with Gasteiger partial charge in [0.2, 0.25) is 10.0 Å².